The molecule has 1 aliphatic heterocycles. The maximum atomic E-state index is 14.9. The highest BCUT2D eigenvalue weighted by molar-refractivity contribution is 9.10. The number of benzene rings is 3. The first-order chi connectivity index (χ1) is 20.9. The first-order valence-electron chi connectivity index (χ1n) is 14.8. The van der Waals surface area contributed by atoms with Crippen LogP contribution >= 0.6 is 15.9 Å². The van der Waals surface area contributed by atoms with E-state index in [4.69, 9.17) is 14.2 Å². The first-order valence-corrected chi connectivity index (χ1v) is 17.0. The summed E-state index contributed by atoms with van der Waals surface area (Å²) in [6.07, 6.45) is -2.80. The lowest BCUT2D eigenvalue weighted by Gasteiger charge is -2.37. The van der Waals surface area contributed by atoms with Gasteiger partial charge in [0.1, 0.15) is 6.10 Å². The van der Waals surface area contributed by atoms with Crippen molar-refractivity contribution >= 4 is 37.9 Å². The molecule has 0 unspecified atom stereocenters. The van der Waals surface area contributed by atoms with Gasteiger partial charge in [-0.25, -0.2) is 18.0 Å². The maximum absolute atomic E-state index is 14.9. The molecule has 0 saturated carbocycles. The zero-order valence-electron chi connectivity index (χ0n) is 27.1. The van der Waals surface area contributed by atoms with E-state index in [1.54, 1.807) is 48.5 Å². The van der Waals surface area contributed by atoms with Gasteiger partial charge in [-0.15, -0.1) is 4.31 Å². The Morgan fingerprint density at radius 3 is 1.62 bits per heavy atom. The molecule has 10 heteroatoms. The van der Waals surface area contributed by atoms with E-state index in [2.05, 4.69) is 15.9 Å². The van der Waals surface area contributed by atoms with Crippen LogP contribution in [0.3, 0.4) is 0 Å². The second-order valence-electron chi connectivity index (χ2n) is 14.0. The highest BCUT2D eigenvalue weighted by Crippen LogP contribution is 2.53. The molecule has 2 atom stereocenters. The van der Waals surface area contributed by atoms with Crippen molar-refractivity contribution in [3.63, 3.8) is 0 Å². The number of carbonyl (C=O) groups excluding carboxylic acids is 2. The summed E-state index contributed by atoms with van der Waals surface area (Å²) in [6.45, 7) is 14.8. The molecule has 45 heavy (non-hydrogen) atoms. The number of carbonyl (C=O) groups is 2. The second-order valence-corrected chi connectivity index (χ2v) is 16.7. The summed E-state index contributed by atoms with van der Waals surface area (Å²) in [5, 5.41) is 0. The SMILES string of the molecule is Cc1ccc([C@H]2O[C@@H](c3ccc(Br)cc3)N(S(=O)(=O)c3ccc(C)cc3)C2(C(=O)OCC(C)(C)C)C(=O)OCC(C)(C)C)cc1. The normalized spacial score (nSPS) is 18.9. The third-order valence-electron chi connectivity index (χ3n) is 7.21. The van der Waals surface area contributed by atoms with Crippen LogP contribution < -0.4 is 0 Å². The summed E-state index contributed by atoms with van der Waals surface area (Å²) in [6, 6.07) is 20.2. The molecule has 0 aliphatic carbocycles. The number of esters is 2. The highest BCUT2D eigenvalue weighted by atomic mass is 79.9. The van der Waals surface area contributed by atoms with Gasteiger partial charge < -0.3 is 14.2 Å². The van der Waals surface area contributed by atoms with Crippen LogP contribution in [0.2, 0.25) is 0 Å². The molecular formula is C35H42BrNO7S. The van der Waals surface area contributed by atoms with E-state index in [-0.39, 0.29) is 18.1 Å². The Morgan fingerprint density at radius 1 is 0.756 bits per heavy atom. The van der Waals surface area contributed by atoms with Crippen LogP contribution in [0.25, 0.3) is 0 Å². The number of ether oxygens (including phenoxy) is 3. The van der Waals surface area contributed by atoms with Crippen LogP contribution in [-0.4, -0.2) is 43.4 Å². The molecule has 0 aromatic heterocycles. The van der Waals surface area contributed by atoms with Gasteiger partial charge in [0, 0.05) is 4.47 Å². The zero-order chi connectivity index (χ0) is 33.4. The van der Waals surface area contributed by atoms with E-state index < -0.39 is 50.7 Å². The Hall–Kier alpha value is -3.05. The van der Waals surface area contributed by atoms with E-state index in [0.29, 0.717) is 11.1 Å². The number of hydrogen-bond acceptors (Lipinski definition) is 7. The molecule has 0 bridgehead atoms. The van der Waals surface area contributed by atoms with Gasteiger partial charge in [0.25, 0.3) is 5.54 Å². The Kier molecular flexibility index (Phi) is 10.0. The van der Waals surface area contributed by atoms with Crippen LogP contribution in [-0.2, 0) is 33.8 Å². The molecule has 0 N–H and O–H groups in total. The Morgan fingerprint density at radius 2 is 1.18 bits per heavy atom. The molecule has 8 nitrogen and oxygen atoms in total. The smallest absolute Gasteiger partial charge is 0.342 e. The molecule has 1 fully saturated rings. The summed E-state index contributed by atoms with van der Waals surface area (Å²) in [4.78, 5) is 29.3. The number of nitrogens with zero attached hydrogens (tertiary/aromatic N) is 1. The van der Waals surface area contributed by atoms with Crippen molar-refractivity contribution in [2.75, 3.05) is 13.2 Å². The van der Waals surface area contributed by atoms with Gasteiger partial charge in [-0.05, 0) is 60.1 Å². The monoisotopic (exact) mass is 699 g/mol. The van der Waals surface area contributed by atoms with Crippen molar-refractivity contribution in [3.05, 3.63) is 99.5 Å². The molecule has 0 amide bonds. The number of sulfonamides is 1. The molecule has 4 rings (SSSR count). The topological polar surface area (TPSA) is 99.2 Å². The number of hydrogen-bond donors (Lipinski definition) is 0. The molecule has 1 aliphatic rings. The van der Waals surface area contributed by atoms with Crippen molar-refractivity contribution < 1.29 is 32.2 Å². The molecule has 0 radical (unpaired) electrons. The summed E-state index contributed by atoms with van der Waals surface area (Å²) >= 11 is 3.43. The average molecular weight is 701 g/mol. The Bertz CT molecular complexity index is 1590. The van der Waals surface area contributed by atoms with Gasteiger partial charge in [0.05, 0.1) is 18.1 Å². The molecule has 3 aromatic carbocycles. The third kappa shape index (κ3) is 7.51. The largest absolute Gasteiger partial charge is 0.463 e. The van der Waals surface area contributed by atoms with Crippen LogP contribution in [0, 0.1) is 24.7 Å². The predicted octanol–water partition coefficient (Wildman–Crippen LogP) is 7.44. The van der Waals surface area contributed by atoms with E-state index >= 15 is 0 Å². The van der Waals surface area contributed by atoms with E-state index in [0.717, 1.165) is 19.9 Å². The fourth-order valence-electron chi connectivity index (χ4n) is 4.89. The lowest BCUT2D eigenvalue weighted by molar-refractivity contribution is -0.176. The summed E-state index contributed by atoms with van der Waals surface area (Å²) < 4.78 is 49.7. The minimum absolute atomic E-state index is 0.0812. The molecule has 0 spiro atoms. The predicted molar refractivity (Wildman–Crippen MR) is 176 cm³/mol. The minimum atomic E-state index is -4.62. The van der Waals surface area contributed by atoms with Gasteiger partial charge in [-0.3, -0.25) is 0 Å². The fraction of sp³-hybridized carbons (Fsp3) is 0.429. The van der Waals surface area contributed by atoms with Gasteiger partial charge in [-0.2, -0.15) is 0 Å². The van der Waals surface area contributed by atoms with Crippen LogP contribution in [0.4, 0.5) is 0 Å². The molecule has 1 heterocycles. The van der Waals surface area contributed by atoms with Crippen molar-refractivity contribution in [2.45, 2.75) is 78.2 Å². The van der Waals surface area contributed by atoms with Gasteiger partial charge >= 0.3 is 11.9 Å². The van der Waals surface area contributed by atoms with Crippen LogP contribution in [0.1, 0.15) is 76.1 Å². The van der Waals surface area contributed by atoms with Crippen LogP contribution in [0.5, 0.6) is 0 Å². The summed E-state index contributed by atoms with van der Waals surface area (Å²) in [5.41, 5.74) is -0.943. The molecule has 3 aromatic rings. The summed E-state index contributed by atoms with van der Waals surface area (Å²) in [5.74, 6) is -2.14. The van der Waals surface area contributed by atoms with Crippen LogP contribution in [0.15, 0.2) is 82.2 Å². The second kappa shape index (κ2) is 13.0. The summed E-state index contributed by atoms with van der Waals surface area (Å²) in [7, 11) is -4.62. The molecule has 242 valence electrons. The van der Waals surface area contributed by atoms with Crippen molar-refractivity contribution in [1.29, 1.82) is 0 Å². The minimum Gasteiger partial charge on any atom is -0.463 e. The fourth-order valence-corrected chi connectivity index (χ4v) is 6.91. The van der Waals surface area contributed by atoms with Crippen molar-refractivity contribution in [1.82, 2.24) is 4.31 Å². The molecule has 1 saturated heterocycles. The Balaban J connectivity index is 2.08. The molecular weight excluding hydrogens is 658 g/mol. The van der Waals surface area contributed by atoms with Gasteiger partial charge in [-0.1, -0.05) is 117 Å². The standard InChI is InChI=1S/C35H42BrNO7S/c1-23-9-13-25(14-10-23)29-35(31(38)42-21-33(3,4)5,32(39)43-22-34(6,7)8)37(30(44-29)26-15-17-27(36)18-16-26)45(40,41)28-19-11-24(2)12-20-28/h9-20,29-30H,21-22H2,1-8H3/t29-,30+/m1/s1. The van der Waals surface area contributed by atoms with E-state index in [1.807, 2.05) is 67.5 Å². The lowest BCUT2D eigenvalue weighted by atomic mass is 9.87. The number of aryl methyl sites for hydroxylation is 2. The zero-order valence-corrected chi connectivity index (χ0v) is 29.5. The maximum Gasteiger partial charge on any atom is 0.342 e. The number of halogens is 1. The van der Waals surface area contributed by atoms with Crippen molar-refractivity contribution in [2.24, 2.45) is 10.8 Å². The first kappa shape index (κ1) is 34.8. The highest BCUT2D eigenvalue weighted by Gasteiger charge is 2.71. The van der Waals surface area contributed by atoms with E-state index in [1.165, 1.54) is 12.1 Å². The third-order valence-corrected chi connectivity index (χ3v) is 9.61. The van der Waals surface area contributed by atoms with Gasteiger partial charge in [0.15, 0.2) is 6.23 Å². The van der Waals surface area contributed by atoms with E-state index in [9.17, 15) is 18.0 Å². The number of rotatable bonds is 8. The van der Waals surface area contributed by atoms with Crippen molar-refractivity contribution in [3.8, 4) is 0 Å². The lowest BCUT2D eigenvalue weighted by Crippen LogP contribution is -2.63. The Labute approximate surface area is 275 Å². The average Bonchev–Trinajstić information content (AvgIpc) is 3.33. The van der Waals surface area contributed by atoms with Gasteiger partial charge in [0.2, 0.25) is 10.0 Å². The quantitative estimate of drug-likeness (QED) is 0.178.